The van der Waals surface area contributed by atoms with Gasteiger partial charge in [0.25, 0.3) is 5.91 Å². The Morgan fingerprint density at radius 1 is 1.07 bits per heavy atom. The molecule has 9 heteroatoms. The number of rotatable bonds is 7. The summed E-state index contributed by atoms with van der Waals surface area (Å²) in [6.07, 6.45) is -2.09. The van der Waals surface area contributed by atoms with E-state index in [-0.39, 0.29) is 29.4 Å². The van der Waals surface area contributed by atoms with E-state index in [0.717, 1.165) is 11.6 Å². The molecule has 156 valence electrons. The molecule has 2 aromatic carbocycles. The minimum absolute atomic E-state index is 0.0378. The zero-order chi connectivity index (χ0) is 21.6. The van der Waals surface area contributed by atoms with Crippen molar-refractivity contribution in [2.45, 2.75) is 19.3 Å². The Kier molecular flexibility index (Phi) is 6.51. The lowest BCUT2D eigenvalue weighted by atomic mass is 10.1. The molecule has 1 amide bonds. The van der Waals surface area contributed by atoms with E-state index in [9.17, 15) is 18.0 Å². The Morgan fingerprint density at radius 3 is 2.47 bits per heavy atom. The Hall–Kier alpha value is -3.62. The number of nitrogens with one attached hydrogen (secondary N) is 1. The van der Waals surface area contributed by atoms with E-state index in [0.29, 0.717) is 6.61 Å². The Balaban J connectivity index is 1.61. The molecule has 30 heavy (non-hydrogen) atoms. The largest absolute Gasteiger partial charge is 0.497 e. The number of hydrogen-bond donors (Lipinski definition) is 1. The highest BCUT2D eigenvalue weighted by molar-refractivity contribution is 5.91. The molecule has 0 saturated carbocycles. The average molecular weight is 417 g/mol. The summed E-state index contributed by atoms with van der Waals surface area (Å²) in [5.41, 5.74) is -0.0597. The first-order valence-corrected chi connectivity index (χ1v) is 8.88. The van der Waals surface area contributed by atoms with Gasteiger partial charge in [0.05, 0.1) is 25.1 Å². The maximum atomic E-state index is 13.2. The van der Waals surface area contributed by atoms with Crippen molar-refractivity contribution in [1.82, 2.24) is 15.3 Å². The number of carbonyl (C=O) groups excluding carboxylic acids is 1. The third kappa shape index (κ3) is 5.47. The van der Waals surface area contributed by atoms with Crippen molar-refractivity contribution in [2.24, 2.45) is 0 Å². The molecule has 0 aliphatic carbocycles. The lowest BCUT2D eigenvalue weighted by Crippen LogP contribution is -2.25. The Labute approximate surface area is 170 Å². The number of aromatic nitrogens is 2. The van der Waals surface area contributed by atoms with E-state index in [1.165, 1.54) is 31.6 Å². The van der Waals surface area contributed by atoms with Crippen LogP contribution in [0.3, 0.4) is 0 Å². The van der Waals surface area contributed by atoms with Crippen LogP contribution in [0.1, 0.15) is 27.2 Å². The summed E-state index contributed by atoms with van der Waals surface area (Å²) in [5.74, 6) is -0.347. The summed E-state index contributed by atoms with van der Waals surface area (Å²) in [7, 11) is 1.28. The summed E-state index contributed by atoms with van der Waals surface area (Å²) in [6.45, 7) is -0.0373. The van der Waals surface area contributed by atoms with Crippen molar-refractivity contribution < 1.29 is 27.4 Å². The van der Waals surface area contributed by atoms with Gasteiger partial charge in [0.1, 0.15) is 18.1 Å². The lowest BCUT2D eigenvalue weighted by Gasteiger charge is -2.14. The number of ether oxygens (including phenoxy) is 2. The molecule has 6 nitrogen and oxygen atoms in total. The third-order valence-electron chi connectivity index (χ3n) is 4.15. The van der Waals surface area contributed by atoms with Gasteiger partial charge in [-0.25, -0.2) is 9.97 Å². The number of carbonyl (C=O) groups is 1. The van der Waals surface area contributed by atoms with Crippen LogP contribution < -0.4 is 14.8 Å². The summed E-state index contributed by atoms with van der Waals surface area (Å²) >= 11 is 0. The fraction of sp³-hybridized carbons (Fsp3) is 0.190. The number of halogens is 3. The number of nitrogens with zero attached hydrogens (tertiary/aromatic N) is 2. The fourth-order valence-electron chi connectivity index (χ4n) is 2.61. The molecule has 0 bridgehead atoms. The van der Waals surface area contributed by atoms with E-state index < -0.39 is 17.6 Å². The topological polar surface area (TPSA) is 73.3 Å². The van der Waals surface area contributed by atoms with Crippen molar-refractivity contribution in [3.8, 4) is 11.6 Å². The molecule has 0 aliphatic rings. The SMILES string of the molecule is COc1ccc(CNC(=O)c2cnc(OCc3ccccc3)cn2)c(C(F)(F)F)c1. The predicted octanol–water partition coefficient (Wildman–Crippen LogP) is 4.01. The van der Waals surface area contributed by atoms with Gasteiger partial charge in [0.2, 0.25) is 5.88 Å². The highest BCUT2D eigenvalue weighted by Gasteiger charge is 2.33. The van der Waals surface area contributed by atoms with Crippen LogP contribution in [0.15, 0.2) is 60.9 Å². The van der Waals surface area contributed by atoms with Gasteiger partial charge >= 0.3 is 6.18 Å². The van der Waals surface area contributed by atoms with Crippen LogP contribution in [-0.2, 0) is 19.3 Å². The van der Waals surface area contributed by atoms with E-state index in [2.05, 4.69) is 15.3 Å². The molecule has 0 atom stereocenters. The number of alkyl halides is 3. The minimum atomic E-state index is -4.58. The second-order valence-electron chi connectivity index (χ2n) is 6.22. The minimum Gasteiger partial charge on any atom is -0.497 e. The van der Waals surface area contributed by atoms with Crippen molar-refractivity contribution >= 4 is 5.91 Å². The number of amides is 1. The summed E-state index contributed by atoms with van der Waals surface area (Å²) in [5, 5.41) is 2.42. The number of benzene rings is 2. The van der Waals surface area contributed by atoms with Crippen LogP contribution in [-0.4, -0.2) is 23.0 Å². The van der Waals surface area contributed by atoms with Gasteiger partial charge in [0, 0.05) is 6.54 Å². The van der Waals surface area contributed by atoms with Crippen LogP contribution in [0, 0.1) is 0 Å². The summed E-state index contributed by atoms with van der Waals surface area (Å²) < 4.78 is 50.1. The normalized spacial score (nSPS) is 11.1. The van der Waals surface area contributed by atoms with Gasteiger partial charge < -0.3 is 14.8 Å². The molecular weight excluding hydrogens is 399 g/mol. The second kappa shape index (κ2) is 9.25. The van der Waals surface area contributed by atoms with Crippen LogP contribution >= 0.6 is 0 Å². The molecule has 0 unspecified atom stereocenters. The molecule has 1 aromatic heterocycles. The van der Waals surface area contributed by atoms with E-state index in [1.54, 1.807) is 0 Å². The lowest BCUT2D eigenvalue weighted by molar-refractivity contribution is -0.138. The number of hydrogen-bond acceptors (Lipinski definition) is 5. The first-order chi connectivity index (χ1) is 14.4. The van der Waals surface area contributed by atoms with Crippen LogP contribution in [0.2, 0.25) is 0 Å². The zero-order valence-corrected chi connectivity index (χ0v) is 15.9. The monoisotopic (exact) mass is 417 g/mol. The molecular formula is C21H18F3N3O3. The Morgan fingerprint density at radius 2 is 1.83 bits per heavy atom. The van der Waals surface area contributed by atoms with Gasteiger partial charge in [-0.3, -0.25) is 4.79 Å². The molecule has 0 aliphatic heterocycles. The molecule has 1 N–H and O–H groups in total. The molecule has 0 fully saturated rings. The van der Waals surface area contributed by atoms with Crippen LogP contribution in [0.5, 0.6) is 11.6 Å². The van der Waals surface area contributed by atoms with Crippen molar-refractivity contribution in [3.63, 3.8) is 0 Å². The zero-order valence-electron chi connectivity index (χ0n) is 15.9. The number of methoxy groups -OCH3 is 1. The van der Waals surface area contributed by atoms with Crippen molar-refractivity contribution in [3.05, 3.63) is 83.3 Å². The van der Waals surface area contributed by atoms with Gasteiger partial charge in [-0.2, -0.15) is 13.2 Å². The Bertz CT molecular complexity index is 994. The average Bonchev–Trinajstić information content (AvgIpc) is 2.76. The van der Waals surface area contributed by atoms with Gasteiger partial charge in [0.15, 0.2) is 0 Å². The highest BCUT2D eigenvalue weighted by Crippen LogP contribution is 2.34. The first-order valence-electron chi connectivity index (χ1n) is 8.88. The van der Waals surface area contributed by atoms with Crippen LogP contribution in [0.25, 0.3) is 0 Å². The first kappa shape index (κ1) is 21.1. The second-order valence-corrected chi connectivity index (χ2v) is 6.22. The van der Waals surface area contributed by atoms with E-state index in [1.807, 2.05) is 30.3 Å². The van der Waals surface area contributed by atoms with Gasteiger partial charge in [-0.15, -0.1) is 0 Å². The smallest absolute Gasteiger partial charge is 0.416 e. The predicted molar refractivity (Wildman–Crippen MR) is 102 cm³/mol. The molecule has 0 saturated heterocycles. The highest BCUT2D eigenvalue weighted by atomic mass is 19.4. The van der Waals surface area contributed by atoms with E-state index >= 15 is 0 Å². The molecule has 0 radical (unpaired) electrons. The van der Waals surface area contributed by atoms with Gasteiger partial charge in [-0.1, -0.05) is 36.4 Å². The molecule has 1 heterocycles. The van der Waals surface area contributed by atoms with Gasteiger partial charge in [-0.05, 0) is 23.3 Å². The fourth-order valence-corrected chi connectivity index (χ4v) is 2.61. The molecule has 3 aromatic rings. The standard InChI is InChI=1S/C21H18F3N3O3/c1-29-16-8-7-15(17(9-16)21(22,23)24)10-27-20(28)18-11-26-19(12-25-18)30-13-14-5-3-2-4-6-14/h2-9,11-12H,10,13H2,1H3,(H,27,28). The quantitative estimate of drug-likeness (QED) is 0.629. The summed E-state index contributed by atoms with van der Waals surface area (Å²) in [6, 6.07) is 13.0. The van der Waals surface area contributed by atoms with E-state index in [4.69, 9.17) is 9.47 Å². The van der Waals surface area contributed by atoms with Crippen LogP contribution in [0.4, 0.5) is 13.2 Å². The van der Waals surface area contributed by atoms with Crippen molar-refractivity contribution in [2.75, 3.05) is 7.11 Å². The third-order valence-corrected chi connectivity index (χ3v) is 4.15. The summed E-state index contributed by atoms with van der Waals surface area (Å²) in [4.78, 5) is 20.2. The van der Waals surface area contributed by atoms with Crippen molar-refractivity contribution in [1.29, 1.82) is 0 Å². The maximum absolute atomic E-state index is 13.2. The molecule has 0 spiro atoms. The molecule has 3 rings (SSSR count). The maximum Gasteiger partial charge on any atom is 0.416 e.